The van der Waals surface area contributed by atoms with Crippen LogP contribution >= 0.6 is 11.8 Å². The van der Waals surface area contributed by atoms with E-state index in [9.17, 15) is 14.0 Å². The summed E-state index contributed by atoms with van der Waals surface area (Å²) in [6, 6.07) is 7.25. The maximum atomic E-state index is 14.7. The van der Waals surface area contributed by atoms with E-state index in [0.717, 1.165) is 54.2 Å². The number of aromatic nitrogens is 1. The fourth-order valence-corrected chi connectivity index (χ4v) is 7.98. The lowest BCUT2D eigenvalue weighted by atomic mass is 9.55. The van der Waals surface area contributed by atoms with Crippen LogP contribution in [0.1, 0.15) is 61.6 Å². The van der Waals surface area contributed by atoms with Crippen LogP contribution in [-0.2, 0) is 6.42 Å². The number of pyridine rings is 1. The lowest BCUT2D eigenvalue weighted by Crippen LogP contribution is -2.43. The van der Waals surface area contributed by atoms with E-state index in [1.54, 1.807) is 23.9 Å². The van der Waals surface area contributed by atoms with Gasteiger partial charge in [0.15, 0.2) is 0 Å². The molecule has 1 aromatic carbocycles. The summed E-state index contributed by atoms with van der Waals surface area (Å²) >= 11 is 1.61. The van der Waals surface area contributed by atoms with E-state index in [-0.39, 0.29) is 22.6 Å². The van der Waals surface area contributed by atoms with Gasteiger partial charge >= 0.3 is 0 Å². The molecule has 0 aliphatic heterocycles. The maximum absolute atomic E-state index is 14.7. The van der Waals surface area contributed by atoms with Crippen LogP contribution < -0.4 is 4.73 Å². The molecule has 0 radical (unpaired) electrons. The van der Waals surface area contributed by atoms with Crippen molar-refractivity contribution in [2.75, 3.05) is 0 Å². The Hall–Kier alpha value is -2.13. The summed E-state index contributed by atoms with van der Waals surface area (Å²) < 4.78 is 29.8. The van der Waals surface area contributed by atoms with Gasteiger partial charge in [0.1, 0.15) is 11.9 Å². The Kier molecular flexibility index (Phi) is 4.77. The molecule has 5 rings (SSSR count). The maximum Gasteiger partial charge on any atom is 0.258 e. The second-order valence-electron chi connectivity index (χ2n) is 9.29. The van der Waals surface area contributed by atoms with Crippen molar-refractivity contribution < 1.29 is 18.7 Å². The highest BCUT2D eigenvalue weighted by Gasteiger charge is 2.55. The number of hydrogen-bond acceptors (Lipinski definition) is 3. The standard InChI is InChI=1S/C24H25F2N2OS/c1-24-10-8-16-15-3-2-14(12-27)23(26)18(15)5-4-17(16)19(24)6-7-22(24)30-21-9-11-28(29)13-20(21)25/h2-3,9,11,13,16-17,19,22,29H,4-8,10H2,1H3/q+1/t16?,17?,19?,22-,24-/m0/s1. The third kappa shape index (κ3) is 2.93. The third-order valence-corrected chi connectivity index (χ3v) is 9.65. The molecule has 0 saturated heterocycles. The Bertz CT molecular complexity index is 1050. The second kappa shape index (κ2) is 7.23. The molecule has 1 aromatic heterocycles. The number of halogens is 2. The van der Waals surface area contributed by atoms with Gasteiger partial charge in [-0.1, -0.05) is 13.0 Å². The van der Waals surface area contributed by atoms with E-state index in [0.29, 0.717) is 34.3 Å². The molecule has 1 heterocycles. The smallest absolute Gasteiger partial charge is 0.258 e. The van der Waals surface area contributed by atoms with Gasteiger partial charge < -0.3 is 0 Å². The summed E-state index contributed by atoms with van der Waals surface area (Å²) in [5.41, 5.74) is 2.15. The topological polar surface area (TPSA) is 47.9 Å². The fourth-order valence-electron chi connectivity index (χ4n) is 6.55. The number of nitriles is 1. The zero-order valence-corrected chi connectivity index (χ0v) is 17.8. The minimum Gasteiger partial charge on any atom is -0.285 e. The summed E-state index contributed by atoms with van der Waals surface area (Å²) in [5, 5.41) is 18.9. The first-order valence-electron chi connectivity index (χ1n) is 10.7. The molecule has 3 aliphatic rings. The average molecular weight is 428 g/mol. The molecule has 156 valence electrons. The minimum absolute atomic E-state index is 0.131. The molecule has 0 bridgehead atoms. The van der Waals surface area contributed by atoms with Gasteiger partial charge in [-0.2, -0.15) is 9.65 Å². The Labute approximate surface area is 179 Å². The van der Waals surface area contributed by atoms with Crippen molar-refractivity contribution in [1.29, 1.82) is 5.26 Å². The molecule has 2 aromatic rings. The van der Waals surface area contributed by atoms with Crippen LogP contribution in [0.2, 0.25) is 0 Å². The van der Waals surface area contributed by atoms with E-state index in [2.05, 4.69) is 6.92 Å². The third-order valence-electron chi connectivity index (χ3n) is 8.01. The number of thioether (sulfide) groups is 1. The summed E-state index contributed by atoms with van der Waals surface area (Å²) in [7, 11) is 0. The Morgan fingerprint density at radius 1 is 1.20 bits per heavy atom. The highest BCUT2D eigenvalue weighted by Crippen LogP contribution is 2.64. The highest BCUT2D eigenvalue weighted by molar-refractivity contribution is 8.00. The molecule has 2 fully saturated rings. The number of nitrogens with zero attached hydrogens (tertiary/aromatic N) is 2. The van der Waals surface area contributed by atoms with Gasteiger partial charge in [-0.25, -0.2) is 4.39 Å². The molecule has 5 atom stereocenters. The molecular weight excluding hydrogens is 402 g/mol. The van der Waals surface area contributed by atoms with Gasteiger partial charge in [0, 0.05) is 16.0 Å². The molecule has 0 amide bonds. The first kappa shape index (κ1) is 19.8. The van der Waals surface area contributed by atoms with Crippen molar-refractivity contribution in [3.05, 3.63) is 58.9 Å². The summed E-state index contributed by atoms with van der Waals surface area (Å²) in [4.78, 5) is 0.592. The van der Waals surface area contributed by atoms with E-state index in [1.165, 1.54) is 6.20 Å². The van der Waals surface area contributed by atoms with Crippen molar-refractivity contribution in [2.24, 2.45) is 17.3 Å². The molecule has 30 heavy (non-hydrogen) atoms. The second-order valence-corrected chi connectivity index (χ2v) is 10.5. The summed E-state index contributed by atoms with van der Waals surface area (Å²) in [6.07, 6.45) is 8.48. The van der Waals surface area contributed by atoms with Crippen LogP contribution in [0.4, 0.5) is 8.78 Å². The largest absolute Gasteiger partial charge is 0.285 e. The summed E-state index contributed by atoms with van der Waals surface area (Å²) in [5.74, 6) is 0.729. The quantitative estimate of drug-likeness (QED) is 0.517. The van der Waals surface area contributed by atoms with Crippen molar-refractivity contribution in [2.45, 2.75) is 61.5 Å². The molecule has 3 nitrogen and oxygen atoms in total. The van der Waals surface area contributed by atoms with E-state index >= 15 is 0 Å². The first-order chi connectivity index (χ1) is 14.4. The molecule has 3 unspecified atom stereocenters. The Morgan fingerprint density at radius 2 is 2.03 bits per heavy atom. The van der Waals surface area contributed by atoms with Gasteiger partial charge in [0.25, 0.3) is 6.20 Å². The zero-order chi connectivity index (χ0) is 21.0. The Morgan fingerprint density at radius 3 is 2.80 bits per heavy atom. The molecule has 2 saturated carbocycles. The van der Waals surface area contributed by atoms with Crippen LogP contribution in [0.25, 0.3) is 0 Å². The highest BCUT2D eigenvalue weighted by atomic mass is 32.2. The van der Waals surface area contributed by atoms with Crippen LogP contribution in [0.5, 0.6) is 0 Å². The normalized spacial score (nSPS) is 32.1. The average Bonchev–Trinajstić information content (AvgIpc) is 3.06. The van der Waals surface area contributed by atoms with Gasteiger partial charge in [0.2, 0.25) is 12.0 Å². The summed E-state index contributed by atoms with van der Waals surface area (Å²) in [6.45, 7) is 2.36. The molecule has 3 aliphatic carbocycles. The van der Waals surface area contributed by atoms with Crippen molar-refractivity contribution in [1.82, 2.24) is 0 Å². The van der Waals surface area contributed by atoms with Crippen molar-refractivity contribution >= 4 is 11.8 Å². The molecule has 1 N–H and O–H groups in total. The lowest BCUT2D eigenvalue weighted by molar-refractivity contribution is -0.905. The van der Waals surface area contributed by atoms with Crippen LogP contribution in [0.3, 0.4) is 0 Å². The van der Waals surface area contributed by atoms with Gasteiger partial charge in [-0.05, 0) is 78.9 Å². The van der Waals surface area contributed by atoms with Crippen LogP contribution in [0, 0.1) is 40.2 Å². The van der Waals surface area contributed by atoms with Crippen molar-refractivity contribution in [3.63, 3.8) is 0 Å². The van der Waals surface area contributed by atoms with E-state index in [4.69, 9.17) is 5.26 Å². The van der Waals surface area contributed by atoms with Crippen LogP contribution in [0.15, 0.2) is 35.5 Å². The monoisotopic (exact) mass is 427 g/mol. The first-order valence-corrected chi connectivity index (χ1v) is 11.6. The minimum atomic E-state index is -0.388. The van der Waals surface area contributed by atoms with Gasteiger partial charge in [-0.3, -0.25) is 5.21 Å². The SMILES string of the molecule is C[C@]12CCC3c4ccc(C#N)c(F)c4CCC3C1CC[C@@H]2Sc1cc[n+](O)cc1F. The van der Waals surface area contributed by atoms with E-state index in [1.807, 2.05) is 12.1 Å². The number of hydrogen-bond donors (Lipinski definition) is 1. The predicted molar refractivity (Wildman–Crippen MR) is 109 cm³/mol. The van der Waals surface area contributed by atoms with Crippen molar-refractivity contribution in [3.8, 4) is 6.07 Å². The van der Waals surface area contributed by atoms with Crippen LogP contribution in [-0.4, -0.2) is 10.5 Å². The molecule has 0 spiro atoms. The Balaban J connectivity index is 1.42. The fraction of sp³-hybridized carbons (Fsp3) is 0.500. The van der Waals surface area contributed by atoms with E-state index < -0.39 is 0 Å². The number of rotatable bonds is 2. The molecular formula is C24H25F2N2OS+. The molecule has 6 heteroatoms. The number of benzene rings is 1. The predicted octanol–water partition coefficient (Wildman–Crippen LogP) is 5.38. The number of fused-ring (bicyclic) bond motifs is 5. The van der Waals surface area contributed by atoms with Gasteiger partial charge in [-0.15, -0.1) is 11.8 Å². The zero-order valence-electron chi connectivity index (χ0n) is 16.9. The lowest BCUT2D eigenvalue weighted by Gasteiger charge is -2.51. The van der Waals surface area contributed by atoms with Gasteiger partial charge in [0.05, 0.1) is 10.5 Å².